The number of aryl methyl sites for hydroxylation is 2. The van der Waals surface area contributed by atoms with Gasteiger partial charge in [-0.25, -0.2) is 4.98 Å². The number of thioether (sulfide) groups is 1. The number of rotatable bonds is 4. The molecule has 118 valence electrons. The first-order chi connectivity index (χ1) is 11.0. The number of halogens is 1. The average Bonchev–Trinajstić information content (AvgIpc) is 3.02. The van der Waals surface area contributed by atoms with E-state index in [9.17, 15) is 0 Å². The van der Waals surface area contributed by atoms with Crippen LogP contribution in [0.3, 0.4) is 0 Å². The van der Waals surface area contributed by atoms with Crippen LogP contribution in [0.1, 0.15) is 29.2 Å². The maximum Gasteiger partial charge on any atom is 0.247 e. The molecule has 2 aromatic heterocycles. The molecule has 0 N–H and O–H groups in total. The summed E-state index contributed by atoms with van der Waals surface area (Å²) in [5.41, 5.74) is 3.37. The van der Waals surface area contributed by atoms with Crippen molar-refractivity contribution in [2.75, 3.05) is 0 Å². The predicted molar refractivity (Wildman–Crippen MR) is 92.7 cm³/mol. The second kappa shape index (κ2) is 6.72. The lowest BCUT2D eigenvalue weighted by Crippen LogP contribution is -1.90. The molecule has 0 bridgehead atoms. The van der Waals surface area contributed by atoms with Crippen molar-refractivity contribution in [2.24, 2.45) is 0 Å². The third-order valence-corrected chi connectivity index (χ3v) is 5.08. The molecule has 0 saturated heterocycles. The van der Waals surface area contributed by atoms with Crippen LogP contribution in [-0.2, 0) is 0 Å². The van der Waals surface area contributed by atoms with Gasteiger partial charge in [0.1, 0.15) is 5.03 Å². The van der Waals surface area contributed by atoms with Crippen molar-refractivity contribution in [2.45, 2.75) is 31.0 Å². The summed E-state index contributed by atoms with van der Waals surface area (Å²) in [6.45, 7) is 6.14. The van der Waals surface area contributed by atoms with Crippen LogP contribution in [-0.4, -0.2) is 15.2 Å². The quantitative estimate of drug-likeness (QED) is 0.604. The van der Waals surface area contributed by atoms with Crippen LogP contribution < -0.4 is 0 Å². The largest absolute Gasteiger partial charge is 0.419 e. The normalized spacial score (nSPS) is 12.3. The molecule has 3 rings (SSSR count). The molecule has 23 heavy (non-hydrogen) atoms. The van der Waals surface area contributed by atoms with Crippen LogP contribution in [0.15, 0.2) is 46.0 Å². The van der Waals surface area contributed by atoms with E-state index in [0.29, 0.717) is 16.8 Å². The fraction of sp³-hybridized carbons (Fsp3) is 0.235. The molecule has 0 aliphatic rings. The molecule has 6 heteroatoms. The molecule has 2 heterocycles. The number of aromatic nitrogens is 3. The topological polar surface area (TPSA) is 51.8 Å². The van der Waals surface area contributed by atoms with Gasteiger partial charge < -0.3 is 4.42 Å². The Kier molecular flexibility index (Phi) is 4.68. The van der Waals surface area contributed by atoms with Gasteiger partial charge in [-0.3, -0.25) is 0 Å². The first-order valence-electron chi connectivity index (χ1n) is 7.23. The van der Waals surface area contributed by atoms with Gasteiger partial charge in [0.05, 0.1) is 10.3 Å². The second-order valence-electron chi connectivity index (χ2n) is 5.29. The van der Waals surface area contributed by atoms with Gasteiger partial charge in [-0.1, -0.05) is 29.4 Å². The molecule has 3 aromatic rings. The predicted octanol–water partition coefficient (Wildman–Crippen LogP) is 5.26. The summed E-state index contributed by atoms with van der Waals surface area (Å²) in [5.74, 6) is 1.09. The highest BCUT2D eigenvalue weighted by Gasteiger charge is 2.18. The Morgan fingerprint density at radius 1 is 1.13 bits per heavy atom. The molecular weight excluding hydrogens is 330 g/mol. The first kappa shape index (κ1) is 16.0. The Bertz CT molecular complexity index is 834. The highest BCUT2D eigenvalue weighted by atomic mass is 35.5. The minimum Gasteiger partial charge on any atom is -0.419 e. The Morgan fingerprint density at radius 2 is 1.96 bits per heavy atom. The maximum atomic E-state index is 6.14. The molecule has 4 nitrogen and oxygen atoms in total. The molecule has 0 fully saturated rings. The molecule has 1 unspecified atom stereocenters. The fourth-order valence-corrected chi connectivity index (χ4v) is 3.15. The van der Waals surface area contributed by atoms with E-state index in [1.54, 1.807) is 6.20 Å². The molecular formula is C17H16ClN3OS. The van der Waals surface area contributed by atoms with Gasteiger partial charge >= 0.3 is 0 Å². The summed E-state index contributed by atoms with van der Waals surface area (Å²) < 4.78 is 5.82. The smallest absolute Gasteiger partial charge is 0.247 e. The van der Waals surface area contributed by atoms with E-state index < -0.39 is 0 Å². The SMILES string of the molecule is Cc1ccc(-c2nnc(C(C)Sc3ncccc3Cl)o2)cc1C. The van der Waals surface area contributed by atoms with Gasteiger partial charge in [-0.05, 0) is 56.2 Å². The Morgan fingerprint density at radius 3 is 2.70 bits per heavy atom. The van der Waals surface area contributed by atoms with Crippen molar-refractivity contribution in [1.82, 2.24) is 15.2 Å². The van der Waals surface area contributed by atoms with Crippen LogP contribution >= 0.6 is 23.4 Å². The van der Waals surface area contributed by atoms with Crippen molar-refractivity contribution in [3.8, 4) is 11.5 Å². The van der Waals surface area contributed by atoms with Gasteiger partial charge in [0.2, 0.25) is 11.8 Å². The summed E-state index contributed by atoms with van der Waals surface area (Å²) in [7, 11) is 0. The summed E-state index contributed by atoms with van der Waals surface area (Å²) in [6, 6.07) is 9.73. The Labute approximate surface area is 144 Å². The monoisotopic (exact) mass is 345 g/mol. The highest BCUT2D eigenvalue weighted by Crippen LogP contribution is 2.37. The number of hydrogen-bond acceptors (Lipinski definition) is 5. The zero-order valence-corrected chi connectivity index (χ0v) is 14.6. The van der Waals surface area contributed by atoms with Crippen LogP contribution in [0.4, 0.5) is 0 Å². The third-order valence-electron chi connectivity index (χ3n) is 3.56. The summed E-state index contributed by atoms with van der Waals surface area (Å²) in [4.78, 5) is 4.27. The number of pyridine rings is 1. The highest BCUT2D eigenvalue weighted by molar-refractivity contribution is 7.99. The van der Waals surface area contributed by atoms with Crippen molar-refractivity contribution in [3.63, 3.8) is 0 Å². The van der Waals surface area contributed by atoms with E-state index >= 15 is 0 Å². The van der Waals surface area contributed by atoms with E-state index in [0.717, 1.165) is 10.6 Å². The van der Waals surface area contributed by atoms with E-state index in [1.165, 1.54) is 22.9 Å². The van der Waals surface area contributed by atoms with Crippen LogP contribution in [0.5, 0.6) is 0 Å². The molecule has 0 spiro atoms. The van der Waals surface area contributed by atoms with Gasteiger partial charge in [0.15, 0.2) is 0 Å². The molecule has 0 amide bonds. The van der Waals surface area contributed by atoms with Crippen LogP contribution in [0.2, 0.25) is 5.02 Å². The summed E-state index contributed by atoms with van der Waals surface area (Å²) in [5, 5.41) is 9.67. The minimum atomic E-state index is -0.0322. The van der Waals surface area contributed by atoms with Gasteiger partial charge in [-0.2, -0.15) is 0 Å². The number of hydrogen-bond donors (Lipinski definition) is 0. The van der Waals surface area contributed by atoms with Gasteiger partial charge in [-0.15, -0.1) is 10.2 Å². The van der Waals surface area contributed by atoms with Gasteiger partial charge in [0.25, 0.3) is 0 Å². The van der Waals surface area contributed by atoms with E-state index in [2.05, 4.69) is 41.2 Å². The zero-order valence-electron chi connectivity index (χ0n) is 13.1. The van der Waals surface area contributed by atoms with Gasteiger partial charge in [0, 0.05) is 11.8 Å². The molecule has 1 aromatic carbocycles. The summed E-state index contributed by atoms with van der Waals surface area (Å²) >= 11 is 7.64. The van der Waals surface area contributed by atoms with Crippen molar-refractivity contribution in [1.29, 1.82) is 0 Å². The lowest BCUT2D eigenvalue weighted by molar-refractivity contribution is 0.509. The van der Waals surface area contributed by atoms with Crippen LogP contribution in [0, 0.1) is 13.8 Å². The molecule has 1 atom stereocenters. The first-order valence-corrected chi connectivity index (χ1v) is 8.48. The lowest BCUT2D eigenvalue weighted by atomic mass is 10.1. The van der Waals surface area contributed by atoms with E-state index in [1.807, 2.05) is 25.1 Å². The Balaban J connectivity index is 1.81. The summed E-state index contributed by atoms with van der Waals surface area (Å²) in [6.07, 6.45) is 1.72. The zero-order chi connectivity index (χ0) is 16.4. The number of benzene rings is 1. The standard InChI is InChI=1S/C17H16ClN3OS/c1-10-6-7-13(9-11(10)2)16-21-20-15(22-16)12(3)23-17-14(18)5-4-8-19-17/h4-9,12H,1-3H3. The van der Waals surface area contributed by atoms with E-state index in [4.69, 9.17) is 16.0 Å². The molecule has 0 radical (unpaired) electrons. The van der Waals surface area contributed by atoms with Crippen molar-refractivity contribution >= 4 is 23.4 Å². The maximum absolute atomic E-state index is 6.14. The van der Waals surface area contributed by atoms with Crippen LogP contribution in [0.25, 0.3) is 11.5 Å². The van der Waals surface area contributed by atoms with E-state index in [-0.39, 0.29) is 5.25 Å². The van der Waals surface area contributed by atoms with Crippen molar-refractivity contribution in [3.05, 3.63) is 58.6 Å². The van der Waals surface area contributed by atoms with Crippen molar-refractivity contribution < 1.29 is 4.42 Å². The third kappa shape index (κ3) is 3.57. The minimum absolute atomic E-state index is 0.0322. The second-order valence-corrected chi connectivity index (χ2v) is 7.03. The Hall–Kier alpha value is -1.85. The lowest BCUT2D eigenvalue weighted by Gasteiger charge is -2.07. The molecule has 0 saturated carbocycles. The molecule has 0 aliphatic carbocycles. The molecule has 0 aliphatic heterocycles. The fourth-order valence-electron chi connectivity index (χ4n) is 2.07. The number of nitrogens with zero attached hydrogens (tertiary/aromatic N) is 3. The average molecular weight is 346 g/mol.